The highest BCUT2D eigenvalue weighted by atomic mass is 16.2. The summed E-state index contributed by atoms with van der Waals surface area (Å²) in [6.07, 6.45) is 3.86. The van der Waals surface area contributed by atoms with E-state index in [1.54, 1.807) is 6.20 Å². The fourth-order valence-corrected chi connectivity index (χ4v) is 4.08. The maximum atomic E-state index is 13.3. The van der Waals surface area contributed by atoms with Gasteiger partial charge in [0.2, 0.25) is 11.8 Å². The third kappa shape index (κ3) is 3.92. The van der Waals surface area contributed by atoms with Crippen molar-refractivity contribution in [2.75, 3.05) is 26.2 Å². The van der Waals surface area contributed by atoms with Crippen LogP contribution in [0.2, 0.25) is 0 Å². The molecule has 6 heteroatoms. The summed E-state index contributed by atoms with van der Waals surface area (Å²) in [6.45, 7) is 5.25. The number of aryl methyl sites for hydroxylation is 1. The van der Waals surface area contributed by atoms with E-state index in [1.165, 1.54) is 5.56 Å². The number of rotatable bonds is 4. The molecule has 0 aliphatic carbocycles. The number of aromatic nitrogens is 1. The molecule has 2 fully saturated rings. The van der Waals surface area contributed by atoms with E-state index in [0.717, 1.165) is 17.7 Å². The molecular weight excluding hydrogens is 352 g/mol. The van der Waals surface area contributed by atoms with Crippen molar-refractivity contribution in [2.45, 2.75) is 25.9 Å². The van der Waals surface area contributed by atoms with Gasteiger partial charge in [-0.25, -0.2) is 0 Å². The third-order valence-electron chi connectivity index (χ3n) is 5.65. The molecule has 4 rings (SSSR count). The number of hydrogen-bond donors (Lipinski definition) is 1. The summed E-state index contributed by atoms with van der Waals surface area (Å²) in [6, 6.07) is 12.1. The molecule has 3 heterocycles. The maximum Gasteiger partial charge on any atom is 0.228 e. The van der Waals surface area contributed by atoms with Gasteiger partial charge in [-0.15, -0.1) is 0 Å². The number of nitrogens with zero attached hydrogens (tertiary/aromatic N) is 3. The highest BCUT2D eigenvalue weighted by Crippen LogP contribution is 2.28. The smallest absolute Gasteiger partial charge is 0.228 e. The van der Waals surface area contributed by atoms with Crippen molar-refractivity contribution < 1.29 is 9.59 Å². The normalized spacial score (nSPS) is 22.5. The van der Waals surface area contributed by atoms with Crippen molar-refractivity contribution in [3.8, 4) is 0 Å². The minimum Gasteiger partial charge on any atom is -0.338 e. The number of amides is 2. The first-order valence-corrected chi connectivity index (χ1v) is 9.86. The quantitative estimate of drug-likeness (QED) is 0.883. The van der Waals surface area contributed by atoms with E-state index < -0.39 is 0 Å². The van der Waals surface area contributed by atoms with Gasteiger partial charge in [-0.3, -0.25) is 14.6 Å². The number of hydrogen-bond acceptors (Lipinski definition) is 4. The van der Waals surface area contributed by atoms with Crippen LogP contribution in [0.1, 0.15) is 29.2 Å². The Morgan fingerprint density at radius 3 is 2.82 bits per heavy atom. The van der Waals surface area contributed by atoms with E-state index in [2.05, 4.69) is 22.4 Å². The van der Waals surface area contributed by atoms with Crippen molar-refractivity contribution in [3.63, 3.8) is 0 Å². The second-order valence-corrected chi connectivity index (χ2v) is 7.70. The summed E-state index contributed by atoms with van der Waals surface area (Å²) < 4.78 is 0. The lowest BCUT2D eigenvalue weighted by Gasteiger charge is -2.37. The fraction of sp³-hybridized carbons (Fsp3) is 0.409. The largest absolute Gasteiger partial charge is 0.338 e. The Morgan fingerprint density at radius 1 is 1.25 bits per heavy atom. The molecule has 0 saturated carbocycles. The van der Waals surface area contributed by atoms with Gasteiger partial charge in [-0.1, -0.05) is 35.9 Å². The standard InChI is InChI=1S/C22H26N4O2/c1-16-4-6-17(7-5-16)14-25-15-19(11-21(25)27)22(28)26-10-9-24-13-20(26)18-3-2-8-23-12-18/h2-8,12,19-20,24H,9-11,13-15H2,1H3. The number of nitrogens with one attached hydrogen (secondary N) is 1. The van der Waals surface area contributed by atoms with Gasteiger partial charge in [0.25, 0.3) is 0 Å². The average molecular weight is 378 g/mol. The Balaban J connectivity index is 1.45. The van der Waals surface area contributed by atoms with Crippen molar-refractivity contribution in [1.29, 1.82) is 0 Å². The van der Waals surface area contributed by atoms with E-state index in [9.17, 15) is 9.59 Å². The van der Waals surface area contributed by atoms with Crippen LogP contribution in [0.15, 0.2) is 48.8 Å². The van der Waals surface area contributed by atoms with Gasteiger partial charge in [0.1, 0.15) is 0 Å². The van der Waals surface area contributed by atoms with Crippen molar-refractivity contribution in [2.24, 2.45) is 5.92 Å². The molecule has 1 N–H and O–H groups in total. The highest BCUT2D eigenvalue weighted by Gasteiger charge is 2.39. The Kier molecular flexibility index (Phi) is 5.39. The van der Waals surface area contributed by atoms with E-state index in [1.807, 2.05) is 47.2 Å². The first-order chi connectivity index (χ1) is 13.6. The lowest BCUT2D eigenvalue weighted by Crippen LogP contribution is -2.50. The summed E-state index contributed by atoms with van der Waals surface area (Å²) in [4.78, 5) is 33.7. The van der Waals surface area contributed by atoms with Gasteiger partial charge in [-0.2, -0.15) is 0 Å². The molecule has 2 amide bonds. The number of benzene rings is 1. The monoisotopic (exact) mass is 378 g/mol. The van der Waals surface area contributed by atoms with Crippen LogP contribution in [0.3, 0.4) is 0 Å². The Bertz CT molecular complexity index is 837. The predicted molar refractivity (Wildman–Crippen MR) is 106 cm³/mol. The van der Waals surface area contributed by atoms with Crippen molar-refractivity contribution in [1.82, 2.24) is 20.1 Å². The topological polar surface area (TPSA) is 65.5 Å². The molecule has 2 saturated heterocycles. The molecule has 1 aromatic heterocycles. The second-order valence-electron chi connectivity index (χ2n) is 7.70. The maximum absolute atomic E-state index is 13.3. The molecular formula is C22H26N4O2. The van der Waals surface area contributed by atoms with E-state index in [0.29, 0.717) is 32.6 Å². The van der Waals surface area contributed by atoms with Gasteiger partial charge < -0.3 is 15.1 Å². The molecule has 2 unspecified atom stereocenters. The highest BCUT2D eigenvalue weighted by molar-refractivity contribution is 5.89. The SMILES string of the molecule is Cc1ccc(CN2CC(C(=O)N3CCNCC3c3cccnc3)CC2=O)cc1. The molecule has 28 heavy (non-hydrogen) atoms. The summed E-state index contributed by atoms with van der Waals surface area (Å²) in [5, 5.41) is 3.36. The van der Waals surface area contributed by atoms with Crippen LogP contribution in [0.4, 0.5) is 0 Å². The summed E-state index contributed by atoms with van der Waals surface area (Å²) in [5.74, 6) is -0.127. The van der Waals surface area contributed by atoms with Gasteiger partial charge in [0.05, 0.1) is 12.0 Å². The van der Waals surface area contributed by atoms with Crippen LogP contribution in [-0.2, 0) is 16.1 Å². The second kappa shape index (κ2) is 8.10. The zero-order chi connectivity index (χ0) is 19.5. The average Bonchev–Trinajstić information content (AvgIpc) is 3.10. The number of piperazine rings is 1. The number of carbonyl (C=O) groups excluding carboxylic acids is 2. The van der Waals surface area contributed by atoms with Gasteiger partial charge >= 0.3 is 0 Å². The Morgan fingerprint density at radius 2 is 2.07 bits per heavy atom. The lowest BCUT2D eigenvalue weighted by molar-refractivity contribution is -0.139. The predicted octanol–water partition coefficient (Wildman–Crippen LogP) is 1.91. The first-order valence-electron chi connectivity index (χ1n) is 9.86. The number of pyridine rings is 1. The van der Waals surface area contributed by atoms with Crippen LogP contribution in [-0.4, -0.2) is 52.8 Å². The molecule has 0 spiro atoms. The van der Waals surface area contributed by atoms with Crippen LogP contribution in [0.5, 0.6) is 0 Å². The molecule has 1 aromatic carbocycles. The van der Waals surface area contributed by atoms with Crippen LogP contribution in [0, 0.1) is 12.8 Å². The molecule has 2 atom stereocenters. The molecule has 0 radical (unpaired) electrons. The number of likely N-dealkylation sites (tertiary alicyclic amines) is 1. The Hall–Kier alpha value is -2.73. The van der Waals surface area contributed by atoms with Crippen LogP contribution >= 0.6 is 0 Å². The van der Waals surface area contributed by atoms with Crippen molar-refractivity contribution in [3.05, 3.63) is 65.5 Å². The van der Waals surface area contributed by atoms with Gasteiger partial charge in [0, 0.05) is 51.5 Å². The van der Waals surface area contributed by atoms with E-state index in [-0.39, 0.29) is 23.8 Å². The molecule has 2 aliphatic rings. The van der Waals surface area contributed by atoms with Gasteiger partial charge in [-0.05, 0) is 24.1 Å². The van der Waals surface area contributed by atoms with E-state index in [4.69, 9.17) is 0 Å². The molecule has 0 bridgehead atoms. The van der Waals surface area contributed by atoms with Crippen molar-refractivity contribution >= 4 is 11.8 Å². The fourth-order valence-electron chi connectivity index (χ4n) is 4.08. The first kappa shape index (κ1) is 18.6. The molecule has 2 aromatic rings. The summed E-state index contributed by atoms with van der Waals surface area (Å²) in [7, 11) is 0. The molecule has 6 nitrogen and oxygen atoms in total. The molecule has 2 aliphatic heterocycles. The summed E-state index contributed by atoms with van der Waals surface area (Å²) in [5.41, 5.74) is 3.33. The zero-order valence-electron chi connectivity index (χ0n) is 16.2. The number of carbonyl (C=O) groups is 2. The van der Waals surface area contributed by atoms with Crippen LogP contribution < -0.4 is 5.32 Å². The lowest BCUT2D eigenvalue weighted by atomic mass is 10.0. The van der Waals surface area contributed by atoms with E-state index >= 15 is 0 Å². The zero-order valence-corrected chi connectivity index (χ0v) is 16.2. The third-order valence-corrected chi connectivity index (χ3v) is 5.65. The van der Waals surface area contributed by atoms with Crippen LogP contribution in [0.25, 0.3) is 0 Å². The Labute approximate surface area is 165 Å². The van der Waals surface area contributed by atoms with Gasteiger partial charge in [0.15, 0.2) is 0 Å². The molecule has 146 valence electrons. The minimum absolute atomic E-state index is 0.0313. The minimum atomic E-state index is -0.268. The summed E-state index contributed by atoms with van der Waals surface area (Å²) >= 11 is 0.